The second-order valence-electron chi connectivity index (χ2n) is 5.27. The summed E-state index contributed by atoms with van der Waals surface area (Å²) in [5.74, 6) is 1.35. The molecule has 0 saturated heterocycles. The van der Waals surface area contributed by atoms with Crippen molar-refractivity contribution in [2.45, 2.75) is 19.9 Å². The molecule has 0 fully saturated rings. The van der Waals surface area contributed by atoms with E-state index >= 15 is 0 Å². The average molecular weight is 333 g/mol. The predicted octanol–water partition coefficient (Wildman–Crippen LogP) is 2.27. The van der Waals surface area contributed by atoms with E-state index in [9.17, 15) is 4.79 Å². The first-order valence-electron chi connectivity index (χ1n) is 7.54. The van der Waals surface area contributed by atoms with Crippen molar-refractivity contribution in [3.8, 4) is 22.1 Å². The van der Waals surface area contributed by atoms with Crippen LogP contribution < -0.4 is 20.1 Å². The fourth-order valence-corrected chi connectivity index (χ4v) is 3.12. The largest absolute Gasteiger partial charge is 0.454 e. The first-order valence-corrected chi connectivity index (χ1v) is 8.36. The Morgan fingerprint density at radius 1 is 1.39 bits per heavy atom. The normalized spacial score (nSPS) is 13.8. The summed E-state index contributed by atoms with van der Waals surface area (Å²) in [5.41, 5.74) is 0.916. The minimum absolute atomic E-state index is 0.0979. The van der Waals surface area contributed by atoms with Gasteiger partial charge in [-0.05, 0) is 31.7 Å². The number of hydrogen-bond donors (Lipinski definition) is 2. The van der Waals surface area contributed by atoms with Crippen molar-refractivity contribution in [2.24, 2.45) is 0 Å². The summed E-state index contributed by atoms with van der Waals surface area (Å²) >= 11 is 1.36. The fraction of sp³-hybridized carbons (Fsp3) is 0.375. The summed E-state index contributed by atoms with van der Waals surface area (Å²) in [4.78, 5) is 17.1. The molecule has 6 nitrogen and oxygen atoms in total. The number of benzene rings is 1. The van der Waals surface area contributed by atoms with Crippen molar-refractivity contribution in [2.75, 3.05) is 19.9 Å². The molecule has 2 aromatic rings. The second kappa shape index (κ2) is 6.97. The fourth-order valence-electron chi connectivity index (χ4n) is 2.30. The Labute approximate surface area is 138 Å². The van der Waals surface area contributed by atoms with Crippen molar-refractivity contribution in [3.05, 3.63) is 29.3 Å². The van der Waals surface area contributed by atoms with E-state index in [4.69, 9.17) is 9.47 Å². The number of hydrogen-bond acceptors (Lipinski definition) is 6. The van der Waals surface area contributed by atoms with Gasteiger partial charge < -0.3 is 20.1 Å². The van der Waals surface area contributed by atoms with Crippen LogP contribution in [0.25, 0.3) is 10.6 Å². The van der Waals surface area contributed by atoms with E-state index in [0.717, 1.165) is 22.9 Å². The third-order valence-corrected chi connectivity index (χ3v) is 4.52. The van der Waals surface area contributed by atoms with E-state index in [1.165, 1.54) is 11.3 Å². The topological polar surface area (TPSA) is 72.5 Å². The standard InChI is InChI=1S/C16H19N3O3S/c1-3-17-10(2)7-18-15(20)14-8-19-16(23-14)11-4-5-12-13(6-11)22-9-21-12/h4-6,8,10,17H,3,7,9H2,1-2H3,(H,18,20)/t10-/m1/s1. The summed E-state index contributed by atoms with van der Waals surface area (Å²) in [7, 11) is 0. The van der Waals surface area contributed by atoms with Crippen molar-refractivity contribution in [1.29, 1.82) is 0 Å². The van der Waals surface area contributed by atoms with E-state index in [-0.39, 0.29) is 18.7 Å². The van der Waals surface area contributed by atoms with Gasteiger partial charge in [-0.1, -0.05) is 6.92 Å². The molecule has 1 aliphatic rings. The molecular weight excluding hydrogens is 314 g/mol. The van der Waals surface area contributed by atoms with Crippen LogP contribution >= 0.6 is 11.3 Å². The number of fused-ring (bicyclic) bond motifs is 1. The monoisotopic (exact) mass is 333 g/mol. The van der Waals surface area contributed by atoms with Gasteiger partial charge in [-0.3, -0.25) is 4.79 Å². The zero-order valence-corrected chi connectivity index (χ0v) is 13.9. The Bertz CT molecular complexity index is 702. The lowest BCUT2D eigenvalue weighted by Gasteiger charge is -2.12. The molecule has 3 rings (SSSR count). The summed E-state index contributed by atoms with van der Waals surface area (Å²) in [6.45, 7) is 5.79. The highest BCUT2D eigenvalue weighted by atomic mass is 32.1. The van der Waals surface area contributed by atoms with Gasteiger partial charge in [-0.2, -0.15) is 0 Å². The van der Waals surface area contributed by atoms with Gasteiger partial charge in [0.2, 0.25) is 6.79 Å². The van der Waals surface area contributed by atoms with Crippen molar-refractivity contribution >= 4 is 17.2 Å². The van der Waals surface area contributed by atoms with Gasteiger partial charge in [0.25, 0.3) is 5.91 Å². The first-order chi connectivity index (χ1) is 11.2. The van der Waals surface area contributed by atoms with E-state index in [0.29, 0.717) is 17.2 Å². The molecule has 2 N–H and O–H groups in total. The van der Waals surface area contributed by atoms with Gasteiger partial charge in [-0.15, -0.1) is 11.3 Å². The second-order valence-corrected chi connectivity index (χ2v) is 6.30. The van der Waals surface area contributed by atoms with Crippen LogP contribution in [0.5, 0.6) is 11.5 Å². The van der Waals surface area contributed by atoms with Gasteiger partial charge in [0.1, 0.15) is 9.88 Å². The Hall–Kier alpha value is -2.12. The summed E-state index contributed by atoms with van der Waals surface area (Å²) in [6, 6.07) is 5.90. The van der Waals surface area contributed by atoms with Gasteiger partial charge >= 0.3 is 0 Å². The van der Waals surface area contributed by atoms with Crippen LogP contribution in [-0.4, -0.2) is 36.8 Å². The molecule has 0 bridgehead atoms. The van der Waals surface area contributed by atoms with Crippen LogP contribution in [0.3, 0.4) is 0 Å². The minimum Gasteiger partial charge on any atom is -0.454 e. The van der Waals surface area contributed by atoms with Crippen LogP contribution in [-0.2, 0) is 0 Å². The lowest BCUT2D eigenvalue weighted by atomic mass is 10.2. The number of carbonyl (C=O) groups is 1. The molecule has 23 heavy (non-hydrogen) atoms. The van der Waals surface area contributed by atoms with Crippen molar-refractivity contribution in [1.82, 2.24) is 15.6 Å². The Kier molecular flexibility index (Phi) is 4.78. The quantitative estimate of drug-likeness (QED) is 0.848. The number of nitrogens with zero attached hydrogens (tertiary/aromatic N) is 1. The lowest BCUT2D eigenvalue weighted by Crippen LogP contribution is -2.38. The maximum atomic E-state index is 12.2. The first kappa shape index (κ1) is 15.8. The molecule has 2 heterocycles. The predicted molar refractivity (Wildman–Crippen MR) is 89.1 cm³/mol. The summed E-state index contributed by atoms with van der Waals surface area (Å²) in [6.07, 6.45) is 1.61. The SMILES string of the molecule is CCN[C@H](C)CNC(=O)c1cnc(-c2ccc3c(c2)OCO3)s1. The molecule has 7 heteroatoms. The minimum atomic E-state index is -0.0979. The highest BCUT2D eigenvalue weighted by Crippen LogP contribution is 2.36. The number of aromatic nitrogens is 1. The molecule has 0 radical (unpaired) electrons. The molecule has 1 amide bonds. The molecule has 122 valence electrons. The number of rotatable bonds is 6. The van der Waals surface area contributed by atoms with Crippen molar-refractivity contribution < 1.29 is 14.3 Å². The van der Waals surface area contributed by atoms with Crippen LogP contribution in [0, 0.1) is 0 Å². The summed E-state index contributed by atoms with van der Waals surface area (Å²) < 4.78 is 10.7. The smallest absolute Gasteiger partial charge is 0.263 e. The molecule has 0 unspecified atom stereocenters. The number of likely N-dealkylation sites (N-methyl/N-ethyl adjacent to an activating group) is 1. The maximum absolute atomic E-state index is 12.2. The van der Waals surface area contributed by atoms with Gasteiger partial charge in [0, 0.05) is 18.2 Å². The zero-order valence-electron chi connectivity index (χ0n) is 13.1. The van der Waals surface area contributed by atoms with Crippen LogP contribution in [0.1, 0.15) is 23.5 Å². The number of thiazole rings is 1. The number of ether oxygens (including phenoxy) is 2. The van der Waals surface area contributed by atoms with Crippen LogP contribution in [0.4, 0.5) is 0 Å². The van der Waals surface area contributed by atoms with Crippen molar-refractivity contribution in [3.63, 3.8) is 0 Å². The molecule has 1 aromatic heterocycles. The van der Waals surface area contributed by atoms with Gasteiger partial charge in [-0.25, -0.2) is 4.98 Å². The highest BCUT2D eigenvalue weighted by molar-refractivity contribution is 7.16. The van der Waals surface area contributed by atoms with Crippen LogP contribution in [0.2, 0.25) is 0 Å². The third-order valence-electron chi connectivity index (χ3n) is 3.47. The van der Waals surface area contributed by atoms with E-state index in [2.05, 4.69) is 15.6 Å². The Morgan fingerprint density at radius 3 is 3.04 bits per heavy atom. The Balaban J connectivity index is 1.67. The molecule has 0 aliphatic carbocycles. The number of amides is 1. The molecule has 0 saturated carbocycles. The van der Waals surface area contributed by atoms with Crippen LogP contribution in [0.15, 0.2) is 24.4 Å². The maximum Gasteiger partial charge on any atom is 0.263 e. The lowest BCUT2D eigenvalue weighted by molar-refractivity contribution is 0.0954. The molecule has 1 aliphatic heterocycles. The molecule has 1 aromatic carbocycles. The zero-order chi connectivity index (χ0) is 16.2. The van der Waals surface area contributed by atoms with Gasteiger partial charge in [0.05, 0.1) is 6.20 Å². The molecule has 0 spiro atoms. The van der Waals surface area contributed by atoms with E-state index < -0.39 is 0 Å². The van der Waals surface area contributed by atoms with E-state index in [1.807, 2.05) is 32.0 Å². The average Bonchev–Trinajstić information content (AvgIpc) is 3.21. The number of carbonyl (C=O) groups excluding carboxylic acids is 1. The molecular formula is C16H19N3O3S. The molecule has 1 atom stereocenters. The highest BCUT2D eigenvalue weighted by Gasteiger charge is 2.17. The number of nitrogens with one attached hydrogen (secondary N) is 2. The third kappa shape index (κ3) is 3.62. The summed E-state index contributed by atoms with van der Waals surface area (Å²) in [5, 5.41) is 6.95. The van der Waals surface area contributed by atoms with Gasteiger partial charge in [0.15, 0.2) is 11.5 Å². The Morgan fingerprint density at radius 2 is 2.22 bits per heavy atom. The van der Waals surface area contributed by atoms with E-state index in [1.54, 1.807) is 6.20 Å².